The zero-order valence-corrected chi connectivity index (χ0v) is 25.7. The summed E-state index contributed by atoms with van der Waals surface area (Å²) in [6.07, 6.45) is -2.92. The molecular weight excluding hydrogens is 574 g/mol. The Hall–Kier alpha value is -2.74. The van der Waals surface area contributed by atoms with E-state index < -0.39 is 42.8 Å². The molecule has 0 unspecified atom stereocenters. The Bertz CT molecular complexity index is 1420. The minimum atomic E-state index is -3.43. The number of nitrogens with one attached hydrogen (secondary N) is 1. The van der Waals surface area contributed by atoms with Crippen LogP contribution < -0.4 is 14.5 Å². The van der Waals surface area contributed by atoms with Crippen molar-refractivity contribution in [3.05, 3.63) is 42.5 Å². The van der Waals surface area contributed by atoms with Crippen molar-refractivity contribution < 1.29 is 32.8 Å². The second kappa shape index (κ2) is 12.2. The molecule has 0 saturated carbocycles. The van der Waals surface area contributed by atoms with Gasteiger partial charge in [0.05, 0.1) is 19.0 Å². The first-order valence-corrected chi connectivity index (χ1v) is 15.7. The number of carbonyl (C=O) groups excluding carboxylic acids is 1. The molecular formula is C26H36FN6O6PS. The maximum Gasteiger partial charge on any atom is 0.323 e. The van der Waals surface area contributed by atoms with E-state index in [4.69, 9.17) is 30.3 Å². The lowest BCUT2D eigenvalue weighted by molar-refractivity contribution is -0.149. The highest BCUT2D eigenvalue weighted by Gasteiger charge is 2.56. The molecule has 1 saturated heterocycles. The summed E-state index contributed by atoms with van der Waals surface area (Å²) in [6.45, 7) is 4.25. The van der Waals surface area contributed by atoms with Gasteiger partial charge in [-0.15, -0.1) is 0 Å². The Morgan fingerprint density at radius 2 is 1.98 bits per heavy atom. The van der Waals surface area contributed by atoms with Gasteiger partial charge in [0, 0.05) is 14.1 Å². The number of ether oxygens (including phenoxy) is 2. The third-order valence-electron chi connectivity index (χ3n) is 6.34. The number of fused-ring (bicyclic) bond motifs is 1. The number of imidazole rings is 1. The second-order valence-corrected chi connectivity index (χ2v) is 13.6. The molecule has 6 atom stereocenters. The highest BCUT2D eigenvalue weighted by atomic mass is 32.5. The van der Waals surface area contributed by atoms with Gasteiger partial charge in [-0.1, -0.05) is 18.2 Å². The zero-order valence-electron chi connectivity index (χ0n) is 24.0. The Morgan fingerprint density at radius 3 is 2.61 bits per heavy atom. The van der Waals surface area contributed by atoms with Crippen molar-refractivity contribution in [2.75, 3.05) is 25.6 Å². The van der Waals surface area contributed by atoms with Crippen molar-refractivity contribution in [2.24, 2.45) is 0 Å². The molecule has 15 heteroatoms. The van der Waals surface area contributed by atoms with E-state index in [9.17, 15) is 9.90 Å². The van der Waals surface area contributed by atoms with Gasteiger partial charge in [0.1, 0.15) is 29.8 Å². The second-order valence-electron chi connectivity index (χ2n) is 10.5. The molecule has 1 fully saturated rings. The van der Waals surface area contributed by atoms with Gasteiger partial charge >= 0.3 is 12.6 Å². The van der Waals surface area contributed by atoms with Crippen molar-refractivity contribution in [1.82, 2.24) is 24.6 Å². The van der Waals surface area contributed by atoms with Gasteiger partial charge in [-0.3, -0.25) is 9.36 Å². The first kappa shape index (κ1) is 31.2. The standard InChI is InChI=1S/C26H36FN6O6PS/c1-15(2)37-24(35)16(3)31-40(41,39-18-11-9-8-10-12-18)36-13-19-21(34)26(5,27)25(38-19)33-14-28-20-22(32(6)7)29-17(4)30-23(20)33/h8-12,14-16,19,21,25,34H,13H2,1-7H3,(H,31,41)/t16-,19+,21+,25+,26+,40+/m0/s1. The Morgan fingerprint density at radius 1 is 1.29 bits per heavy atom. The summed E-state index contributed by atoms with van der Waals surface area (Å²) in [5.41, 5.74) is -1.42. The van der Waals surface area contributed by atoms with Gasteiger partial charge in [-0.2, -0.15) is 0 Å². The smallest absolute Gasteiger partial charge is 0.323 e. The summed E-state index contributed by atoms with van der Waals surface area (Å²) in [4.78, 5) is 27.6. The highest BCUT2D eigenvalue weighted by Crippen LogP contribution is 2.48. The maximum atomic E-state index is 16.1. The fraction of sp³-hybridized carbons (Fsp3) is 0.538. The largest absolute Gasteiger partial charge is 0.462 e. The molecule has 1 aliphatic rings. The van der Waals surface area contributed by atoms with Crippen molar-refractivity contribution in [3.63, 3.8) is 0 Å². The quantitative estimate of drug-likeness (QED) is 0.243. The molecule has 4 rings (SSSR count). The van der Waals surface area contributed by atoms with Crippen LogP contribution in [0.3, 0.4) is 0 Å². The predicted octanol–water partition coefficient (Wildman–Crippen LogP) is 3.44. The summed E-state index contributed by atoms with van der Waals surface area (Å²) < 4.78 is 40.9. The van der Waals surface area contributed by atoms with E-state index >= 15 is 4.39 Å². The lowest BCUT2D eigenvalue weighted by atomic mass is 9.98. The third kappa shape index (κ3) is 6.85. The van der Waals surface area contributed by atoms with Crippen molar-refractivity contribution in [2.45, 2.75) is 70.9 Å². The van der Waals surface area contributed by atoms with Gasteiger partial charge < -0.3 is 28.5 Å². The van der Waals surface area contributed by atoms with E-state index in [0.29, 0.717) is 28.6 Å². The normalized spacial score (nSPS) is 24.8. The van der Waals surface area contributed by atoms with Crippen molar-refractivity contribution in [3.8, 4) is 5.75 Å². The topological polar surface area (TPSA) is 133 Å². The summed E-state index contributed by atoms with van der Waals surface area (Å²) in [5.74, 6) is 0.909. The number of anilines is 1. The number of alkyl halides is 1. The molecule has 2 aromatic heterocycles. The molecule has 0 aliphatic carbocycles. The van der Waals surface area contributed by atoms with Crippen LogP contribution in [0.15, 0.2) is 36.7 Å². The highest BCUT2D eigenvalue weighted by molar-refractivity contribution is 8.09. The number of carbonyl (C=O) groups is 1. The fourth-order valence-electron chi connectivity index (χ4n) is 4.35. The molecule has 1 aromatic carbocycles. The summed E-state index contributed by atoms with van der Waals surface area (Å²) in [7, 11) is 3.64. The third-order valence-corrected chi connectivity index (χ3v) is 8.84. The Kier molecular flexibility index (Phi) is 9.32. The lowest BCUT2D eigenvalue weighted by Crippen LogP contribution is -2.41. The van der Waals surface area contributed by atoms with Crippen LogP contribution >= 0.6 is 6.64 Å². The predicted molar refractivity (Wildman–Crippen MR) is 155 cm³/mol. The number of halogens is 1. The number of hydrogen-bond donors (Lipinski definition) is 2. The Labute approximate surface area is 243 Å². The Balaban J connectivity index is 1.57. The van der Waals surface area contributed by atoms with E-state index in [-0.39, 0.29) is 12.7 Å². The number of aryl methyl sites for hydroxylation is 1. The minimum absolute atomic E-state index is 0.330. The minimum Gasteiger partial charge on any atom is -0.462 e. The number of aliphatic hydroxyl groups is 1. The lowest BCUT2D eigenvalue weighted by Gasteiger charge is -2.28. The van der Waals surface area contributed by atoms with Gasteiger partial charge in [-0.25, -0.2) is 24.4 Å². The monoisotopic (exact) mass is 610 g/mol. The van der Waals surface area contributed by atoms with Crippen LogP contribution in [0, 0.1) is 6.92 Å². The zero-order chi connectivity index (χ0) is 30.1. The number of para-hydroxylation sites is 1. The van der Waals surface area contributed by atoms with Crippen LogP contribution in [0.1, 0.15) is 39.7 Å². The molecule has 0 radical (unpaired) electrons. The first-order valence-electron chi connectivity index (χ1n) is 13.1. The molecule has 0 amide bonds. The van der Waals surface area contributed by atoms with Crippen LogP contribution in [-0.4, -0.2) is 81.3 Å². The van der Waals surface area contributed by atoms with Gasteiger partial charge in [0.25, 0.3) is 0 Å². The number of esters is 1. The first-order chi connectivity index (χ1) is 19.2. The van der Waals surface area contributed by atoms with Gasteiger partial charge in [0.15, 0.2) is 28.9 Å². The number of hydrogen-bond acceptors (Lipinski definition) is 11. The summed E-state index contributed by atoms with van der Waals surface area (Å²) in [5, 5.41) is 13.9. The van der Waals surface area contributed by atoms with E-state index in [2.05, 4.69) is 20.0 Å². The SMILES string of the molecule is Cc1nc(N(C)C)c2ncn([C@@H]3O[C@H](CO[P@](=S)(N[C@@H](C)C(=O)OC(C)C)Oc4ccccc4)[C@@H](O)[C@@]3(C)F)c2n1. The molecule has 0 bridgehead atoms. The molecule has 0 spiro atoms. The molecule has 12 nitrogen and oxygen atoms in total. The van der Waals surface area contributed by atoms with E-state index in [0.717, 1.165) is 0 Å². The van der Waals surface area contributed by atoms with Gasteiger partial charge in [-0.05, 0) is 58.6 Å². The molecule has 41 heavy (non-hydrogen) atoms. The summed E-state index contributed by atoms with van der Waals surface area (Å²) in [6, 6.07) is 7.84. The number of benzene rings is 1. The van der Waals surface area contributed by atoms with Crippen LogP contribution in [0.5, 0.6) is 5.75 Å². The molecule has 1 aliphatic heterocycles. The average Bonchev–Trinajstić information content (AvgIpc) is 3.40. The average molecular weight is 611 g/mol. The molecule has 3 aromatic rings. The van der Waals surface area contributed by atoms with Crippen LogP contribution in [0.2, 0.25) is 0 Å². The van der Waals surface area contributed by atoms with Crippen molar-refractivity contribution >= 4 is 41.4 Å². The maximum absolute atomic E-state index is 16.1. The number of nitrogens with zero attached hydrogens (tertiary/aromatic N) is 5. The van der Waals surface area contributed by atoms with E-state index in [1.807, 2.05) is 20.2 Å². The molecule has 3 heterocycles. The van der Waals surface area contributed by atoms with Gasteiger partial charge in [0.2, 0.25) is 0 Å². The van der Waals surface area contributed by atoms with Crippen molar-refractivity contribution in [1.29, 1.82) is 0 Å². The van der Waals surface area contributed by atoms with E-state index in [1.165, 1.54) is 17.8 Å². The van der Waals surface area contributed by atoms with E-state index in [1.54, 1.807) is 56.9 Å². The molecule has 2 N–H and O–H groups in total. The molecule has 224 valence electrons. The van der Waals surface area contributed by atoms with Crippen LogP contribution in [0.4, 0.5) is 10.2 Å². The number of rotatable bonds is 11. The number of aliphatic hydroxyl groups excluding tert-OH is 1. The fourth-order valence-corrected chi connectivity index (χ4v) is 6.76. The summed E-state index contributed by atoms with van der Waals surface area (Å²) >= 11 is 5.73. The van der Waals surface area contributed by atoms with Crippen LogP contribution in [0.25, 0.3) is 11.2 Å². The van der Waals surface area contributed by atoms with Crippen LogP contribution in [-0.2, 0) is 30.6 Å². The number of aromatic nitrogens is 4.